The maximum absolute atomic E-state index is 11.7. The molecule has 0 unspecified atom stereocenters. The Morgan fingerprint density at radius 3 is 2.24 bits per heavy atom. The topological polar surface area (TPSA) is 63.3 Å². The third-order valence-electron chi connectivity index (χ3n) is 9.78. The van der Waals surface area contributed by atoms with Crippen LogP contribution in [-0.4, -0.2) is 15.9 Å². The van der Waals surface area contributed by atoms with E-state index in [4.69, 9.17) is 9.40 Å². The molecule has 1 aliphatic carbocycles. The minimum absolute atomic E-state index is 0. The number of furan rings is 1. The van der Waals surface area contributed by atoms with Gasteiger partial charge < -0.3 is 9.52 Å². The van der Waals surface area contributed by atoms with Gasteiger partial charge in [-0.05, 0) is 54.9 Å². The normalized spacial score (nSPS) is 12.3. The number of hydrogen-bond acceptors (Lipinski definition) is 4. The molecule has 6 aromatic rings. The number of rotatable bonds is 9. The quantitative estimate of drug-likeness (QED) is 0.0896. The molecule has 7 rings (SSSR count). The molecular weight excluding hydrogens is 783 g/mol. The molecule has 0 aliphatic heterocycles. The van der Waals surface area contributed by atoms with Gasteiger partial charge in [-0.25, -0.2) is 0 Å². The predicted molar refractivity (Wildman–Crippen MR) is 198 cm³/mol. The molecule has 0 amide bonds. The number of aryl methyl sites for hydroxylation is 2. The van der Waals surface area contributed by atoms with Crippen molar-refractivity contribution in [2.45, 2.75) is 66.2 Å². The van der Waals surface area contributed by atoms with Crippen LogP contribution >= 0.6 is 0 Å². The van der Waals surface area contributed by atoms with Crippen LogP contribution in [0.25, 0.3) is 55.3 Å². The van der Waals surface area contributed by atoms with E-state index < -0.39 is 0 Å². The first kappa shape index (κ1) is 36.0. The number of ketones is 1. The summed E-state index contributed by atoms with van der Waals surface area (Å²) in [5, 5.41) is 13.1. The molecule has 4 aromatic carbocycles. The van der Waals surface area contributed by atoms with Gasteiger partial charge in [-0.3, -0.25) is 9.78 Å². The predicted octanol–water partition coefficient (Wildman–Crippen LogP) is 11.7. The molecule has 0 bridgehead atoms. The molecule has 0 spiro atoms. The second-order valence-electron chi connectivity index (χ2n) is 12.6. The van der Waals surface area contributed by atoms with Crippen LogP contribution < -0.4 is 0 Å². The Morgan fingerprint density at radius 1 is 0.837 bits per heavy atom. The van der Waals surface area contributed by atoms with Gasteiger partial charge in [0.1, 0.15) is 11.3 Å². The van der Waals surface area contributed by atoms with Gasteiger partial charge in [0.25, 0.3) is 0 Å². The van der Waals surface area contributed by atoms with E-state index >= 15 is 0 Å². The fraction of sp³-hybridized carbons (Fsp3) is 0.273. The Bertz CT molecular complexity index is 2070. The van der Waals surface area contributed by atoms with E-state index in [0.29, 0.717) is 0 Å². The van der Waals surface area contributed by atoms with E-state index in [1.807, 2.05) is 40.0 Å². The molecule has 2 heterocycles. The van der Waals surface area contributed by atoms with Gasteiger partial charge in [-0.15, -0.1) is 23.6 Å². The van der Waals surface area contributed by atoms with Crippen molar-refractivity contribution >= 4 is 27.5 Å². The van der Waals surface area contributed by atoms with Gasteiger partial charge >= 0.3 is 0 Å². The van der Waals surface area contributed by atoms with Crippen LogP contribution in [0.5, 0.6) is 0 Å². The third-order valence-corrected chi connectivity index (χ3v) is 9.78. The van der Waals surface area contributed by atoms with Crippen molar-refractivity contribution in [2.75, 3.05) is 0 Å². The molecule has 5 heteroatoms. The Morgan fingerprint density at radius 2 is 1.51 bits per heavy atom. The largest absolute Gasteiger partial charge is 0.512 e. The summed E-state index contributed by atoms with van der Waals surface area (Å²) in [7, 11) is 0. The maximum Gasteiger partial charge on any atom is 0.162 e. The van der Waals surface area contributed by atoms with Crippen LogP contribution in [0.4, 0.5) is 0 Å². The molecular formula is C44H44IrNO3-. The van der Waals surface area contributed by atoms with Gasteiger partial charge in [-0.1, -0.05) is 117 Å². The van der Waals surface area contributed by atoms with Crippen LogP contribution in [0.3, 0.4) is 0 Å². The number of carbonyl (C=O) groups is 1. The number of allylic oxidation sites excluding steroid dienone is 2. The van der Waals surface area contributed by atoms with Crippen LogP contribution in [0, 0.1) is 17.9 Å². The molecule has 0 fully saturated rings. The van der Waals surface area contributed by atoms with Gasteiger partial charge in [0.05, 0.1) is 5.76 Å². The minimum Gasteiger partial charge on any atom is -0.512 e. The van der Waals surface area contributed by atoms with E-state index in [-0.39, 0.29) is 43.5 Å². The van der Waals surface area contributed by atoms with Gasteiger partial charge in [-0.2, -0.15) is 0 Å². The molecule has 4 nitrogen and oxygen atoms in total. The number of nitrogens with zero attached hydrogens (tertiary/aromatic N) is 1. The first-order valence-corrected chi connectivity index (χ1v) is 17.4. The fourth-order valence-corrected chi connectivity index (χ4v) is 6.98. The number of carbonyl (C=O) groups excluding carboxylic acids is 1. The second kappa shape index (κ2) is 16.4. The minimum atomic E-state index is 0. The molecule has 1 radical (unpaired) electrons. The molecule has 253 valence electrons. The molecule has 0 atom stereocenters. The summed E-state index contributed by atoms with van der Waals surface area (Å²) in [6.07, 6.45) is 8.68. The number of aliphatic hydroxyl groups excluding tert-OH is 1. The Balaban J connectivity index is 0.000000252. The number of pyridine rings is 1. The number of hydrogen-bond donors (Lipinski definition) is 1. The smallest absolute Gasteiger partial charge is 0.162 e. The van der Waals surface area contributed by atoms with Crippen LogP contribution in [0.2, 0.25) is 0 Å². The number of fused-ring (bicyclic) bond motifs is 6. The van der Waals surface area contributed by atoms with Crippen LogP contribution in [0.15, 0.2) is 113 Å². The van der Waals surface area contributed by atoms with E-state index in [1.165, 1.54) is 39.3 Å². The van der Waals surface area contributed by atoms with Crippen molar-refractivity contribution in [2.24, 2.45) is 11.8 Å². The van der Waals surface area contributed by atoms with Gasteiger partial charge in [0.2, 0.25) is 0 Å². The number of aromatic nitrogens is 1. The van der Waals surface area contributed by atoms with Crippen molar-refractivity contribution in [3.63, 3.8) is 0 Å². The fourth-order valence-electron chi connectivity index (χ4n) is 6.98. The SMILES string of the molecule is CCC(CC)C(=O)/C=C(\O)C(CC)CC.[Ir].[c-]1c(-c2nccc3oc4c(c23)-c2ccccc2CC4)cc(-c2ccccc2)c2ccccc12. The Kier molecular flexibility index (Phi) is 12.0. The monoisotopic (exact) mass is 827 g/mol. The number of benzene rings is 4. The van der Waals surface area contributed by atoms with Crippen molar-refractivity contribution in [3.05, 3.63) is 126 Å². The zero-order valence-electron chi connectivity index (χ0n) is 28.8. The third kappa shape index (κ3) is 7.49. The summed E-state index contributed by atoms with van der Waals surface area (Å²) in [5.41, 5.74) is 9.02. The van der Waals surface area contributed by atoms with Crippen LogP contribution in [-0.2, 0) is 37.7 Å². The van der Waals surface area contributed by atoms with Crippen molar-refractivity contribution < 1.29 is 34.4 Å². The summed E-state index contributed by atoms with van der Waals surface area (Å²) in [4.78, 5) is 16.6. The Labute approximate surface area is 303 Å². The zero-order chi connectivity index (χ0) is 33.6. The van der Waals surface area contributed by atoms with E-state index in [1.54, 1.807) is 0 Å². The first-order valence-electron chi connectivity index (χ1n) is 17.4. The Hall–Kier alpha value is -4.31. The van der Waals surface area contributed by atoms with E-state index in [2.05, 4.69) is 91.0 Å². The molecule has 0 saturated heterocycles. The summed E-state index contributed by atoms with van der Waals surface area (Å²) >= 11 is 0. The van der Waals surface area contributed by atoms with E-state index in [0.717, 1.165) is 71.9 Å². The van der Waals surface area contributed by atoms with Crippen molar-refractivity contribution in [1.29, 1.82) is 0 Å². The second-order valence-corrected chi connectivity index (χ2v) is 12.6. The summed E-state index contributed by atoms with van der Waals surface area (Å²) in [6, 6.07) is 35.5. The van der Waals surface area contributed by atoms with Gasteiger partial charge in [0.15, 0.2) is 5.78 Å². The van der Waals surface area contributed by atoms with Gasteiger partial charge in [0, 0.05) is 67.3 Å². The first-order chi connectivity index (χ1) is 23.5. The zero-order valence-corrected chi connectivity index (χ0v) is 31.2. The van der Waals surface area contributed by atoms with E-state index in [9.17, 15) is 9.90 Å². The average molecular weight is 827 g/mol. The average Bonchev–Trinajstić information content (AvgIpc) is 3.52. The standard InChI is InChI=1S/C31H20NO.C13H24O2.Ir/c1-2-8-20(9-3-1)26-19-23(18-22-11-5-6-12-24(22)26)31-30-28(16-17-32-31)33-27-15-14-21-10-4-7-13-25(21)29(27)30;1-5-10(6-2)12(14)9-13(15)11(7-3)8-4;/h1-13,16-17,19H,14-15H2;9-11,14H,5-8H2,1-4H3;/q-1;;/b;12-9-;. The van der Waals surface area contributed by atoms with Crippen LogP contribution in [0.1, 0.15) is 64.7 Å². The summed E-state index contributed by atoms with van der Waals surface area (Å²) in [5.74, 6) is 1.60. The molecule has 2 aromatic heterocycles. The van der Waals surface area contributed by atoms with Crippen molar-refractivity contribution in [3.8, 4) is 33.5 Å². The molecule has 1 N–H and O–H groups in total. The molecule has 49 heavy (non-hydrogen) atoms. The number of aliphatic hydroxyl groups is 1. The summed E-state index contributed by atoms with van der Waals surface area (Å²) in [6.45, 7) is 8.07. The van der Waals surface area contributed by atoms with Crippen molar-refractivity contribution in [1.82, 2.24) is 4.98 Å². The maximum atomic E-state index is 11.7. The summed E-state index contributed by atoms with van der Waals surface area (Å²) < 4.78 is 6.36. The molecule has 0 saturated carbocycles. The molecule has 1 aliphatic rings.